The Bertz CT molecular complexity index is 1360. The van der Waals surface area contributed by atoms with Gasteiger partial charge < -0.3 is 19.7 Å². The minimum Gasteiger partial charge on any atom is -0.395 e. The molecule has 0 radical (unpaired) electrons. The summed E-state index contributed by atoms with van der Waals surface area (Å²) in [5.74, 6) is -1.18. The van der Waals surface area contributed by atoms with Crippen LogP contribution in [0.4, 0.5) is 17.3 Å². The highest BCUT2D eigenvalue weighted by atomic mass is 16.6. The molecule has 174 valence electrons. The van der Waals surface area contributed by atoms with Gasteiger partial charge in [-0.3, -0.25) is 19.3 Å². The van der Waals surface area contributed by atoms with E-state index in [0.717, 1.165) is 54.6 Å². The summed E-state index contributed by atoms with van der Waals surface area (Å²) in [5.41, 5.74) is 3.66. The van der Waals surface area contributed by atoms with Crippen molar-refractivity contribution < 1.29 is 19.2 Å². The summed E-state index contributed by atoms with van der Waals surface area (Å²) < 4.78 is 6.93. The highest BCUT2D eigenvalue weighted by molar-refractivity contribution is 6.02. The van der Waals surface area contributed by atoms with Crippen LogP contribution in [0.15, 0.2) is 65.3 Å². The molecule has 1 aromatic carbocycles. The first-order chi connectivity index (χ1) is 16.3. The summed E-state index contributed by atoms with van der Waals surface area (Å²) in [4.78, 5) is 29.1. The number of nitro groups is 1. The van der Waals surface area contributed by atoms with E-state index in [1.807, 2.05) is 35.7 Å². The highest BCUT2D eigenvalue weighted by Crippen LogP contribution is 2.29. The second kappa shape index (κ2) is 8.31. The average Bonchev–Trinajstić information content (AvgIpc) is 3.47. The summed E-state index contributed by atoms with van der Waals surface area (Å²) in [6, 6.07) is 13.7. The van der Waals surface area contributed by atoms with Crippen molar-refractivity contribution in [2.45, 2.75) is 25.4 Å². The maximum atomic E-state index is 12.3. The molecular weight excluding hydrogens is 438 g/mol. The van der Waals surface area contributed by atoms with E-state index < -0.39 is 22.3 Å². The fourth-order valence-corrected chi connectivity index (χ4v) is 4.09. The number of hydrogen-bond donors (Lipinski definition) is 2. The Morgan fingerprint density at radius 3 is 2.59 bits per heavy atom. The second-order valence-electron chi connectivity index (χ2n) is 8.67. The first kappa shape index (κ1) is 21.7. The highest BCUT2D eigenvalue weighted by Gasteiger charge is 2.27. The molecule has 1 amide bonds. The molecule has 1 aliphatic rings. The first-order valence-electron chi connectivity index (χ1n) is 10.9. The van der Waals surface area contributed by atoms with Gasteiger partial charge in [-0.25, -0.2) is 4.98 Å². The third-order valence-electron chi connectivity index (χ3n) is 6.14. The molecule has 10 nitrogen and oxygen atoms in total. The molecule has 0 unspecified atom stereocenters. The number of hydrogen-bond acceptors (Lipinski definition) is 7. The van der Waals surface area contributed by atoms with Crippen LogP contribution >= 0.6 is 0 Å². The molecule has 3 aromatic heterocycles. The number of nitrogens with zero attached hydrogens (tertiary/aromatic N) is 4. The quantitative estimate of drug-likeness (QED) is 0.338. The molecule has 0 aliphatic carbocycles. The molecule has 1 saturated heterocycles. The number of rotatable bonds is 5. The fourth-order valence-electron chi connectivity index (χ4n) is 4.09. The Hall–Kier alpha value is -4.18. The van der Waals surface area contributed by atoms with Crippen molar-refractivity contribution in [1.29, 1.82) is 0 Å². The van der Waals surface area contributed by atoms with Crippen molar-refractivity contribution in [1.82, 2.24) is 9.38 Å². The van der Waals surface area contributed by atoms with Gasteiger partial charge in [0.25, 0.3) is 5.91 Å². The molecule has 1 aliphatic heterocycles. The average molecular weight is 461 g/mol. The van der Waals surface area contributed by atoms with Gasteiger partial charge in [0.05, 0.1) is 23.6 Å². The Labute approximate surface area is 194 Å². The molecular formula is C24H23N5O5. The Kier molecular flexibility index (Phi) is 5.29. The third kappa shape index (κ3) is 4.23. The minimum absolute atomic E-state index is 0.134. The molecule has 0 saturated carbocycles. The SMILES string of the molecule is CC1(O)CCN(c2ccn3c(-c4ccc(NC(=O)c5ccc([N+](=O)[O-])o5)cc4)cnc3c2)CC1. The summed E-state index contributed by atoms with van der Waals surface area (Å²) in [5, 5.41) is 23.6. The molecule has 4 heterocycles. The van der Waals surface area contributed by atoms with Gasteiger partial charge >= 0.3 is 5.88 Å². The minimum atomic E-state index is -0.693. The molecule has 34 heavy (non-hydrogen) atoms. The Morgan fingerprint density at radius 2 is 1.91 bits per heavy atom. The van der Waals surface area contributed by atoms with Crippen LogP contribution in [-0.4, -0.2) is 44.0 Å². The summed E-state index contributed by atoms with van der Waals surface area (Å²) in [7, 11) is 0. The van der Waals surface area contributed by atoms with E-state index in [1.54, 1.807) is 18.3 Å². The summed E-state index contributed by atoms with van der Waals surface area (Å²) in [6.45, 7) is 3.48. The lowest BCUT2D eigenvalue weighted by Gasteiger charge is -2.37. The van der Waals surface area contributed by atoms with Gasteiger partial charge in [-0.2, -0.15) is 0 Å². The van der Waals surface area contributed by atoms with Crippen LogP contribution in [0.3, 0.4) is 0 Å². The second-order valence-corrected chi connectivity index (χ2v) is 8.67. The molecule has 0 spiro atoms. The zero-order valence-corrected chi connectivity index (χ0v) is 18.5. The fraction of sp³-hybridized carbons (Fsp3) is 0.250. The van der Waals surface area contributed by atoms with Gasteiger partial charge in [-0.15, -0.1) is 0 Å². The third-order valence-corrected chi connectivity index (χ3v) is 6.14. The molecule has 2 N–H and O–H groups in total. The van der Waals surface area contributed by atoms with Crippen molar-refractivity contribution in [3.8, 4) is 11.3 Å². The number of imidazole rings is 1. The van der Waals surface area contributed by atoms with Gasteiger partial charge in [0, 0.05) is 42.3 Å². The molecule has 0 atom stereocenters. The van der Waals surface area contributed by atoms with Crippen molar-refractivity contribution >= 4 is 28.8 Å². The Morgan fingerprint density at radius 1 is 1.18 bits per heavy atom. The van der Waals surface area contributed by atoms with Gasteiger partial charge in [-0.1, -0.05) is 12.1 Å². The lowest BCUT2D eigenvalue weighted by atomic mass is 9.93. The van der Waals surface area contributed by atoms with Gasteiger partial charge in [0.1, 0.15) is 10.6 Å². The maximum absolute atomic E-state index is 12.3. The van der Waals surface area contributed by atoms with Gasteiger partial charge in [0.2, 0.25) is 0 Å². The lowest BCUT2D eigenvalue weighted by Crippen LogP contribution is -2.42. The van der Waals surface area contributed by atoms with E-state index in [2.05, 4.69) is 21.3 Å². The number of fused-ring (bicyclic) bond motifs is 1. The zero-order valence-electron chi connectivity index (χ0n) is 18.5. The first-order valence-corrected chi connectivity index (χ1v) is 10.9. The van der Waals surface area contributed by atoms with E-state index in [9.17, 15) is 20.0 Å². The van der Waals surface area contributed by atoms with Gasteiger partial charge in [-0.05, 0) is 44.0 Å². The molecule has 10 heteroatoms. The number of carbonyl (C=O) groups excluding carboxylic acids is 1. The van der Waals surface area contributed by atoms with Crippen LogP contribution in [0.25, 0.3) is 16.9 Å². The van der Waals surface area contributed by atoms with Crippen molar-refractivity contribution in [3.05, 3.63) is 76.8 Å². The predicted molar refractivity (Wildman–Crippen MR) is 126 cm³/mol. The number of amides is 1. The summed E-state index contributed by atoms with van der Waals surface area (Å²) >= 11 is 0. The number of furan rings is 1. The standard InChI is InChI=1S/C24H23N5O5/c1-24(31)9-12-27(13-10-24)18-8-11-28-19(15-25-21(28)14-18)16-2-4-17(5-3-16)26-23(30)20-6-7-22(34-20)29(32)33/h2-8,11,14-15,31H,9-10,12-13H2,1H3,(H,26,30). The zero-order chi connectivity index (χ0) is 23.9. The maximum Gasteiger partial charge on any atom is 0.433 e. The van der Waals surface area contributed by atoms with E-state index in [-0.39, 0.29) is 5.76 Å². The van der Waals surface area contributed by atoms with Crippen LogP contribution in [0.5, 0.6) is 0 Å². The van der Waals surface area contributed by atoms with Crippen LogP contribution in [0.2, 0.25) is 0 Å². The predicted octanol–water partition coefficient (Wildman–Crippen LogP) is 4.11. The molecule has 5 rings (SSSR count). The van der Waals surface area contributed by atoms with Crippen LogP contribution in [-0.2, 0) is 0 Å². The van der Waals surface area contributed by atoms with Crippen LogP contribution < -0.4 is 10.2 Å². The topological polar surface area (TPSA) is 126 Å². The number of pyridine rings is 1. The molecule has 4 aromatic rings. The van der Waals surface area contributed by atoms with E-state index in [1.165, 1.54) is 6.07 Å². The number of aliphatic hydroxyl groups is 1. The van der Waals surface area contributed by atoms with E-state index in [4.69, 9.17) is 4.42 Å². The van der Waals surface area contributed by atoms with Crippen LogP contribution in [0.1, 0.15) is 30.3 Å². The van der Waals surface area contributed by atoms with E-state index in [0.29, 0.717) is 5.69 Å². The Balaban J connectivity index is 1.31. The number of nitrogens with one attached hydrogen (secondary N) is 1. The monoisotopic (exact) mass is 461 g/mol. The normalized spacial score (nSPS) is 15.4. The lowest BCUT2D eigenvalue weighted by molar-refractivity contribution is -0.402. The van der Waals surface area contributed by atoms with Crippen molar-refractivity contribution in [3.63, 3.8) is 0 Å². The van der Waals surface area contributed by atoms with Crippen molar-refractivity contribution in [2.75, 3.05) is 23.3 Å². The number of benzene rings is 1. The number of piperidine rings is 1. The largest absolute Gasteiger partial charge is 0.433 e. The number of aromatic nitrogens is 2. The smallest absolute Gasteiger partial charge is 0.395 e. The van der Waals surface area contributed by atoms with E-state index >= 15 is 0 Å². The molecule has 1 fully saturated rings. The number of carbonyl (C=O) groups is 1. The summed E-state index contributed by atoms with van der Waals surface area (Å²) in [6.07, 6.45) is 5.25. The van der Waals surface area contributed by atoms with Crippen LogP contribution in [0, 0.1) is 10.1 Å². The van der Waals surface area contributed by atoms with Crippen molar-refractivity contribution in [2.24, 2.45) is 0 Å². The molecule has 0 bridgehead atoms. The van der Waals surface area contributed by atoms with Gasteiger partial charge in [0.15, 0.2) is 5.76 Å². The number of anilines is 2.